The van der Waals surface area contributed by atoms with Gasteiger partial charge in [0.15, 0.2) is 11.6 Å². The number of oxime groups is 1. The fourth-order valence-corrected chi connectivity index (χ4v) is 2.05. The molecule has 0 aliphatic carbocycles. The number of benzene rings is 1. The van der Waals surface area contributed by atoms with Crippen LogP contribution in [0.4, 0.5) is 4.39 Å². The van der Waals surface area contributed by atoms with Gasteiger partial charge >= 0.3 is 0 Å². The van der Waals surface area contributed by atoms with Gasteiger partial charge in [0.2, 0.25) is 0 Å². The van der Waals surface area contributed by atoms with E-state index < -0.39 is 5.82 Å². The second kappa shape index (κ2) is 11.5. The molecule has 0 heterocycles. The summed E-state index contributed by atoms with van der Waals surface area (Å²) >= 11 is 6.47. The van der Waals surface area contributed by atoms with Crippen LogP contribution < -0.4 is 9.47 Å². The third-order valence-electron chi connectivity index (χ3n) is 2.81. The molecule has 134 valence electrons. The van der Waals surface area contributed by atoms with Crippen LogP contribution in [0.2, 0.25) is 0 Å². The molecule has 0 spiro atoms. The summed E-state index contributed by atoms with van der Waals surface area (Å²) in [6.45, 7) is 6.83. The Morgan fingerprint density at radius 1 is 1.17 bits per heavy atom. The Morgan fingerprint density at radius 3 is 2.50 bits per heavy atom. The molecule has 1 aromatic rings. The van der Waals surface area contributed by atoms with Crippen molar-refractivity contribution in [3.8, 4) is 11.5 Å². The Hall–Kier alpha value is -1.08. The van der Waals surface area contributed by atoms with E-state index in [9.17, 15) is 4.39 Å². The molecule has 4 nitrogen and oxygen atoms in total. The van der Waals surface area contributed by atoms with Crippen molar-refractivity contribution in [2.45, 2.75) is 33.6 Å². The first-order valence-corrected chi connectivity index (χ1v) is 9.19. The van der Waals surface area contributed by atoms with E-state index in [0.29, 0.717) is 31.1 Å². The molecule has 0 saturated heterocycles. The molecule has 0 bridgehead atoms. The predicted octanol–water partition coefficient (Wildman–Crippen LogP) is 5.72. The van der Waals surface area contributed by atoms with Crippen LogP contribution in [0.3, 0.4) is 0 Å². The lowest BCUT2D eigenvalue weighted by atomic mass is 10.2. The molecule has 1 aromatic carbocycles. The van der Waals surface area contributed by atoms with Crippen molar-refractivity contribution in [1.29, 1.82) is 0 Å². The Kier molecular flexibility index (Phi) is 10.0. The molecule has 0 atom stereocenters. The minimum absolute atomic E-state index is 0.267. The van der Waals surface area contributed by atoms with Gasteiger partial charge in [0, 0.05) is 6.07 Å². The molecule has 0 radical (unpaired) electrons. The Labute approximate surface area is 159 Å². The van der Waals surface area contributed by atoms with Crippen molar-refractivity contribution in [3.63, 3.8) is 0 Å². The van der Waals surface area contributed by atoms with Crippen LogP contribution in [0.25, 0.3) is 0 Å². The van der Waals surface area contributed by atoms with Crippen LogP contribution in [0, 0.1) is 12.7 Å². The highest BCUT2D eigenvalue weighted by Crippen LogP contribution is 2.28. The second-order valence-corrected chi connectivity index (χ2v) is 8.06. The number of rotatable bonds is 10. The highest BCUT2D eigenvalue weighted by molar-refractivity contribution is 9.28. The summed E-state index contributed by atoms with van der Waals surface area (Å²) in [5.74, 6) is 0.313. The van der Waals surface area contributed by atoms with Crippen LogP contribution in [-0.2, 0) is 4.84 Å². The summed E-state index contributed by atoms with van der Waals surface area (Å²) in [7, 11) is 0. The Morgan fingerprint density at radius 2 is 1.88 bits per heavy atom. The summed E-state index contributed by atoms with van der Waals surface area (Å²) in [4.78, 5) is 5.10. The second-order valence-electron chi connectivity index (χ2n) is 5.28. The molecule has 24 heavy (non-hydrogen) atoms. The minimum Gasteiger partial charge on any atom is -0.490 e. The number of ether oxygens (including phenoxy) is 2. The maximum atomic E-state index is 14.1. The fraction of sp³-hybridized carbons (Fsp3) is 0.471. The van der Waals surface area contributed by atoms with Gasteiger partial charge in [-0.1, -0.05) is 5.16 Å². The number of unbranched alkanes of at least 4 members (excludes halogenated alkanes) is 1. The highest BCUT2D eigenvalue weighted by atomic mass is 79.9. The molecule has 0 saturated carbocycles. The van der Waals surface area contributed by atoms with E-state index in [0.717, 1.165) is 21.9 Å². The zero-order valence-electron chi connectivity index (χ0n) is 14.1. The van der Waals surface area contributed by atoms with Crippen molar-refractivity contribution < 1.29 is 18.7 Å². The number of nitrogens with zero attached hydrogens (tertiary/aromatic N) is 1. The third kappa shape index (κ3) is 8.68. The number of hydrogen-bond acceptors (Lipinski definition) is 4. The van der Waals surface area contributed by atoms with Gasteiger partial charge in [-0.15, -0.1) is 0 Å². The monoisotopic (exact) mass is 465 g/mol. The third-order valence-corrected chi connectivity index (χ3v) is 3.46. The summed E-state index contributed by atoms with van der Waals surface area (Å²) in [5.41, 5.74) is 1.58. The average Bonchev–Trinajstić information content (AvgIpc) is 2.47. The molecule has 0 amide bonds. The van der Waals surface area contributed by atoms with E-state index in [1.807, 2.05) is 13.8 Å². The number of aryl methyl sites for hydroxylation is 1. The zero-order chi connectivity index (χ0) is 17.9. The van der Waals surface area contributed by atoms with E-state index in [1.54, 1.807) is 19.1 Å². The van der Waals surface area contributed by atoms with Crippen LogP contribution >= 0.6 is 31.9 Å². The smallest absolute Gasteiger partial charge is 0.169 e. The minimum atomic E-state index is -0.422. The molecule has 0 aliphatic rings. The summed E-state index contributed by atoms with van der Waals surface area (Å²) < 4.78 is 25.9. The quantitative estimate of drug-likeness (QED) is 0.251. The normalized spacial score (nSPS) is 10.1. The lowest BCUT2D eigenvalue weighted by Gasteiger charge is -2.12. The number of halogens is 3. The van der Waals surface area contributed by atoms with Gasteiger partial charge in [-0.3, -0.25) is 0 Å². The van der Waals surface area contributed by atoms with Crippen LogP contribution in [-0.4, -0.2) is 25.5 Å². The van der Waals surface area contributed by atoms with E-state index in [4.69, 9.17) is 14.3 Å². The van der Waals surface area contributed by atoms with Gasteiger partial charge in [-0.25, -0.2) is 4.39 Å². The molecule has 0 aliphatic heterocycles. The first kappa shape index (κ1) is 21.0. The lowest BCUT2D eigenvalue weighted by Crippen LogP contribution is -2.03. The van der Waals surface area contributed by atoms with E-state index in [1.165, 1.54) is 6.07 Å². The molecule has 0 unspecified atom stereocenters. The van der Waals surface area contributed by atoms with Gasteiger partial charge in [0.25, 0.3) is 0 Å². The summed E-state index contributed by atoms with van der Waals surface area (Å²) in [5, 5.41) is 3.85. The molecular weight excluding hydrogens is 445 g/mol. The van der Waals surface area contributed by atoms with Crippen molar-refractivity contribution in [2.75, 3.05) is 19.8 Å². The van der Waals surface area contributed by atoms with Gasteiger partial charge in [0.05, 0.1) is 15.7 Å². The molecular formula is C17H22Br2FNO3. The van der Waals surface area contributed by atoms with Crippen LogP contribution in [0.15, 0.2) is 26.8 Å². The first-order chi connectivity index (χ1) is 11.4. The van der Waals surface area contributed by atoms with Crippen molar-refractivity contribution in [3.05, 3.63) is 33.0 Å². The van der Waals surface area contributed by atoms with Gasteiger partial charge < -0.3 is 14.3 Å². The molecule has 0 fully saturated rings. The lowest BCUT2D eigenvalue weighted by molar-refractivity contribution is 0.135. The first-order valence-electron chi connectivity index (χ1n) is 7.60. The molecule has 0 aromatic heterocycles. The fourth-order valence-electron chi connectivity index (χ4n) is 1.78. The zero-order valence-corrected chi connectivity index (χ0v) is 17.2. The van der Waals surface area contributed by atoms with Gasteiger partial charge in [-0.05, 0) is 83.2 Å². The topological polar surface area (TPSA) is 40.0 Å². The van der Waals surface area contributed by atoms with E-state index in [2.05, 4.69) is 37.0 Å². The molecule has 1 rings (SSSR count). The van der Waals surface area contributed by atoms with Gasteiger partial charge in [0.1, 0.15) is 19.0 Å². The van der Waals surface area contributed by atoms with Crippen molar-refractivity contribution in [1.82, 2.24) is 0 Å². The standard InChI is InChI=1S/C17H22Br2FNO3/c1-12(2)21-24-8-5-4-7-23-17-13(3)10-14(11-15(17)20)22-9-6-16(18)19/h6,10-11H,4-5,7-9H2,1-3H3. The highest BCUT2D eigenvalue weighted by Gasteiger charge is 2.10. The van der Waals surface area contributed by atoms with Gasteiger partial charge in [-0.2, -0.15) is 0 Å². The van der Waals surface area contributed by atoms with Crippen molar-refractivity contribution in [2.24, 2.45) is 5.16 Å². The van der Waals surface area contributed by atoms with E-state index in [-0.39, 0.29) is 5.75 Å². The van der Waals surface area contributed by atoms with Crippen molar-refractivity contribution >= 4 is 37.6 Å². The average molecular weight is 467 g/mol. The summed E-state index contributed by atoms with van der Waals surface area (Å²) in [6.07, 6.45) is 3.34. The van der Waals surface area contributed by atoms with E-state index >= 15 is 0 Å². The predicted molar refractivity (Wildman–Crippen MR) is 102 cm³/mol. The SMILES string of the molecule is CC(C)=NOCCCCOc1c(C)cc(OCC=C(Br)Br)cc1F. The Balaban J connectivity index is 2.43. The van der Waals surface area contributed by atoms with Crippen LogP contribution in [0.1, 0.15) is 32.3 Å². The molecule has 7 heteroatoms. The maximum absolute atomic E-state index is 14.1. The maximum Gasteiger partial charge on any atom is 0.169 e. The largest absolute Gasteiger partial charge is 0.490 e. The summed E-state index contributed by atoms with van der Waals surface area (Å²) in [6, 6.07) is 3.09. The molecule has 0 N–H and O–H groups in total. The Bertz CT molecular complexity index is 560. The van der Waals surface area contributed by atoms with Crippen LogP contribution in [0.5, 0.6) is 11.5 Å². The number of hydrogen-bond donors (Lipinski definition) is 0.